The highest BCUT2D eigenvalue weighted by atomic mass is 35.5. The zero-order chi connectivity index (χ0) is 11.6. The molecule has 0 spiro atoms. The molecule has 0 N–H and O–H groups in total. The summed E-state index contributed by atoms with van der Waals surface area (Å²) in [5.41, 5.74) is 0.881. The number of hydrogen-bond donors (Lipinski definition) is 0. The van der Waals surface area contributed by atoms with Gasteiger partial charge in [-0.15, -0.1) is 0 Å². The van der Waals surface area contributed by atoms with Crippen molar-refractivity contribution in [3.8, 4) is 0 Å². The molecule has 1 aromatic rings. The minimum Gasteiger partial charge on any atom is -0.295 e. The summed E-state index contributed by atoms with van der Waals surface area (Å²) in [6.45, 7) is 1.82. The van der Waals surface area contributed by atoms with Crippen LogP contribution in [0.1, 0.15) is 5.69 Å². The molecule has 2 rings (SSSR count). The molecule has 1 saturated heterocycles. The van der Waals surface area contributed by atoms with Gasteiger partial charge in [-0.2, -0.15) is 0 Å². The van der Waals surface area contributed by atoms with Gasteiger partial charge in [0.05, 0.1) is 17.2 Å². The highest BCUT2D eigenvalue weighted by Crippen LogP contribution is 2.12. The van der Waals surface area contributed by atoms with Gasteiger partial charge in [0, 0.05) is 30.9 Å². The molecule has 2 heterocycles. The standard InChI is InChI=1S/C10H13ClN2O2S/c11-9-1-2-12-10(7-9)8-13-3-5-16(14,15)6-4-13/h1-2,7H,3-6,8H2. The van der Waals surface area contributed by atoms with Gasteiger partial charge in [0.25, 0.3) is 0 Å². The molecule has 6 heteroatoms. The molecule has 1 aliphatic rings. The Morgan fingerprint density at radius 3 is 2.69 bits per heavy atom. The molecule has 0 aromatic carbocycles. The van der Waals surface area contributed by atoms with Crippen LogP contribution in [0.2, 0.25) is 5.02 Å². The van der Waals surface area contributed by atoms with E-state index in [-0.39, 0.29) is 11.5 Å². The van der Waals surface area contributed by atoms with E-state index < -0.39 is 9.84 Å². The molecular weight excluding hydrogens is 248 g/mol. The summed E-state index contributed by atoms with van der Waals surface area (Å²) in [7, 11) is -2.80. The second-order valence-corrected chi connectivity index (χ2v) is 6.63. The van der Waals surface area contributed by atoms with E-state index in [0.29, 0.717) is 24.7 Å². The summed E-state index contributed by atoms with van der Waals surface area (Å²) in [6, 6.07) is 3.54. The van der Waals surface area contributed by atoms with Gasteiger partial charge in [0.1, 0.15) is 0 Å². The normalized spacial score (nSPS) is 20.8. The van der Waals surface area contributed by atoms with Crippen molar-refractivity contribution in [1.29, 1.82) is 0 Å². The van der Waals surface area contributed by atoms with Crippen molar-refractivity contribution in [3.05, 3.63) is 29.0 Å². The molecule has 0 aliphatic carbocycles. The van der Waals surface area contributed by atoms with Crippen LogP contribution in [0.5, 0.6) is 0 Å². The Morgan fingerprint density at radius 2 is 2.06 bits per heavy atom. The quantitative estimate of drug-likeness (QED) is 0.795. The van der Waals surface area contributed by atoms with Gasteiger partial charge in [-0.05, 0) is 12.1 Å². The third-order valence-electron chi connectivity index (χ3n) is 2.60. The van der Waals surface area contributed by atoms with E-state index in [1.165, 1.54) is 0 Å². The van der Waals surface area contributed by atoms with E-state index in [4.69, 9.17) is 11.6 Å². The lowest BCUT2D eigenvalue weighted by Gasteiger charge is -2.25. The lowest BCUT2D eigenvalue weighted by Crippen LogP contribution is -2.39. The summed E-state index contributed by atoms with van der Waals surface area (Å²) in [5.74, 6) is 0.487. The van der Waals surface area contributed by atoms with Crippen LogP contribution in [0.15, 0.2) is 18.3 Å². The molecule has 0 amide bonds. The number of aromatic nitrogens is 1. The van der Waals surface area contributed by atoms with Crippen LogP contribution in [0, 0.1) is 0 Å². The highest BCUT2D eigenvalue weighted by molar-refractivity contribution is 7.91. The Balaban J connectivity index is 1.97. The molecule has 0 radical (unpaired) electrons. The number of halogens is 1. The van der Waals surface area contributed by atoms with Crippen LogP contribution in [0.3, 0.4) is 0 Å². The van der Waals surface area contributed by atoms with Crippen molar-refractivity contribution in [2.45, 2.75) is 6.54 Å². The summed E-state index contributed by atoms with van der Waals surface area (Å²) >= 11 is 5.85. The van der Waals surface area contributed by atoms with Crippen molar-refractivity contribution in [3.63, 3.8) is 0 Å². The minimum atomic E-state index is -2.80. The van der Waals surface area contributed by atoms with Crippen molar-refractivity contribution in [2.75, 3.05) is 24.6 Å². The van der Waals surface area contributed by atoms with Crippen LogP contribution in [-0.2, 0) is 16.4 Å². The zero-order valence-electron chi connectivity index (χ0n) is 8.76. The summed E-state index contributed by atoms with van der Waals surface area (Å²) in [5, 5.41) is 0.662. The zero-order valence-corrected chi connectivity index (χ0v) is 10.3. The number of pyridine rings is 1. The van der Waals surface area contributed by atoms with E-state index in [2.05, 4.69) is 9.88 Å². The maximum Gasteiger partial charge on any atom is 0.152 e. The second kappa shape index (κ2) is 4.69. The van der Waals surface area contributed by atoms with E-state index in [1.807, 2.05) is 6.07 Å². The topological polar surface area (TPSA) is 50.3 Å². The van der Waals surface area contributed by atoms with E-state index in [9.17, 15) is 8.42 Å². The van der Waals surface area contributed by atoms with Crippen LogP contribution >= 0.6 is 11.6 Å². The maximum absolute atomic E-state index is 11.2. The lowest BCUT2D eigenvalue weighted by atomic mass is 10.3. The lowest BCUT2D eigenvalue weighted by molar-refractivity contribution is 0.284. The van der Waals surface area contributed by atoms with Crippen LogP contribution < -0.4 is 0 Å². The Kier molecular flexibility index (Phi) is 3.47. The molecule has 1 aromatic heterocycles. The van der Waals surface area contributed by atoms with Crippen molar-refractivity contribution in [2.24, 2.45) is 0 Å². The number of nitrogens with zero attached hydrogens (tertiary/aromatic N) is 2. The molecule has 0 saturated carbocycles. The first kappa shape index (κ1) is 11.8. The fourth-order valence-electron chi connectivity index (χ4n) is 1.67. The van der Waals surface area contributed by atoms with E-state index in [1.54, 1.807) is 12.3 Å². The first-order valence-electron chi connectivity index (χ1n) is 5.08. The molecule has 1 aliphatic heterocycles. The van der Waals surface area contributed by atoms with E-state index >= 15 is 0 Å². The monoisotopic (exact) mass is 260 g/mol. The molecule has 0 atom stereocenters. The van der Waals surface area contributed by atoms with Crippen molar-refractivity contribution in [1.82, 2.24) is 9.88 Å². The molecule has 88 valence electrons. The summed E-state index contributed by atoms with van der Waals surface area (Å²) < 4.78 is 22.5. The average Bonchev–Trinajstić information content (AvgIpc) is 2.21. The first-order valence-corrected chi connectivity index (χ1v) is 7.28. The smallest absolute Gasteiger partial charge is 0.152 e. The van der Waals surface area contributed by atoms with Gasteiger partial charge in [-0.3, -0.25) is 9.88 Å². The predicted molar refractivity (Wildman–Crippen MR) is 63.2 cm³/mol. The molecule has 16 heavy (non-hydrogen) atoms. The van der Waals surface area contributed by atoms with Gasteiger partial charge in [0.2, 0.25) is 0 Å². The van der Waals surface area contributed by atoms with Crippen LogP contribution in [-0.4, -0.2) is 42.9 Å². The van der Waals surface area contributed by atoms with Crippen LogP contribution in [0.25, 0.3) is 0 Å². The van der Waals surface area contributed by atoms with Crippen molar-refractivity contribution >= 4 is 21.4 Å². The van der Waals surface area contributed by atoms with E-state index in [0.717, 1.165) is 5.69 Å². The van der Waals surface area contributed by atoms with Crippen molar-refractivity contribution < 1.29 is 8.42 Å². The Morgan fingerprint density at radius 1 is 1.38 bits per heavy atom. The fourth-order valence-corrected chi connectivity index (χ4v) is 3.13. The third-order valence-corrected chi connectivity index (χ3v) is 4.45. The van der Waals surface area contributed by atoms with Gasteiger partial charge in [-0.1, -0.05) is 11.6 Å². The SMILES string of the molecule is O=S1(=O)CCN(Cc2cc(Cl)ccn2)CC1. The minimum absolute atomic E-state index is 0.244. The van der Waals surface area contributed by atoms with Gasteiger partial charge in [0.15, 0.2) is 9.84 Å². The third kappa shape index (κ3) is 3.17. The molecule has 0 bridgehead atoms. The highest BCUT2D eigenvalue weighted by Gasteiger charge is 2.21. The number of sulfone groups is 1. The number of hydrogen-bond acceptors (Lipinski definition) is 4. The van der Waals surface area contributed by atoms with Gasteiger partial charge >= 0.3 is 0 Å². The summed E-state index contributed by atoms with van der Waals surface area (Å²) in [6.07, 6.45) is 1.67. The second-order valence-electron chi connectivity index (χ2n) is 3.89. The number of rotatable bonds is 2. The Labute approximate surface area is 100 Å². The first-order chi connectivity index (χ1) is 7.55. The Hall–Kier alpha value is -0.650. The largest absolute Gasteiger partial charge is 0.295 e. The van der Waals surface area contributed by atoms with Gasteiger partial charge < -0.3 is 0 Å². The predicted octanol–water partition coefficient (Wildman–Crippen LogP) is 0.965. The summed E-state index contributed by atoms with van der Waals surface area (Å²) in [4.78, 5) is 6.28. The fraction of sp³-hybridized carbons (Fsp3) is 0.500. The average molecular weight is 261 g/mol. The molecule has 1 fully saturated rings. The van der Waals surface area contributed by atoms with Gasteiger partial charge in [-0.25, -0.2) is 8.42 Å². The van der Waals surface area contributed by atoms with Crippen LogP contribution in [0.4, 0.5) is 0 Å². The molecular formula is C10H13ClN2O2S. The molecule has 0 unspecified atom stereocenters. The molecule has 4 nitrogen and oxygen atoms in total. The Bertz CT molecular complexity index is 461. The maximum atomic E-state index is 11.2.